The number of Topliss-reactive ketones (excluding diaryl/α,β-unsaturated/α-hetero) is 1. The minimum atomic E-state index is -0.0859. The van der Waals surface area contributed by atoms with E-state index in [1.54, 1.807) is 14.2 Å². The second-order valence-corrected chi connectivity index (χ2v) is 5.83. The largest absolute Gasteiger partial charge is 0.497 e. The van der Waals surface area contributed by atoms with Gasteiger partial charge in [0.25, 0.3) is 0 Å². The highest BCUT2D eigenvalue weighted by molar-refractivity contribution is 5.81. The lowest BCUT2D eigenvalue weighted by atomic mass is 9.80. The highest BCUT2D eigenvalue weighted by Gasteiger charge is 2.31. The number of carbonyl (C=O) groups is 1. The van der Waals surface area contributed by atoms with E-state index in [-0.39, 0.29) is 23.6 Å². The predicted octanol–water partition coefficient (Wildman–Crippen LogP) is 1.99. The SMILES string of the molecule is COc1ccc([C@H]2CC(=O)C[C@@H](Nc3nonc3N)C2)c(OC)c1. The summed E-state index contributed by atoms with van der Waals surface area (Å²) in [6.45, 7) is 0. The van der Waals surface area contributed by atoms with Gasteiger partial charge in [-0.3, -0.25) is 4.79 Å². The van der Waals surface area contributed by atoms with Crippen molar-refractivity contribution >= 4 is 17.4 Å². The first-order chi connectivity index (χ1) is 11.6. The predicted molar refractivity (Wildman–Crippen MR) is 87.3 cm³/mol. The Morgan fingerprint density at radius 1 is 1.25 bits per heavy atom. The van der Waals surface area contributed by atoms with Crippen LogP contribution in [0.4, 0.5) is 11.6 Å². The van der Waals surface area contributed by atoms with Crippen molar-refractivity contribution in [1.29, 1.82) is 0 Å². The summed E-state index contributed by atoms with van der Waals surface area (Å²) in [6, 6.07) is 5.57. The smallest absolute Gasteiger partial charge is 0.215 e. The number of nitrogen functional groups attached to an aromatic ring is 1. The van der Waals surface area contributed by atoms with Gasteiger partial charge in [-0.1, -0.05) is 6.07 Å². The van der Waals surface area contributed by atoms with Gasteiger partial charge in [0.2, 0.25) is 11.6 Å². The molecule has 0 radical (unpaired) electrons. The van der Waals surface area contributed by atoms with Crippen molar-refractivity contribution in [1.82, 2.24) is 10.3 Å². The Kier molecular flexibility index (Phi) is 4.54. The molecule has 3 rings (SSSR count). The molecule has 1 fully saturated rings. The first-order valence-corrected chi connectivity index (χ1v) is 7.69. The average Bonchev–Trinajstić information content (AvgIpc) is 2.98. The number of methoxy groups -OCH3 is 2. The molecule has 128 valence electrons. The van der Waals surface area contributed by atoms with E-state index in [0.717, 1.165) is 17.7 Å². The van der Waals surface area contributed by atoms with E-state index in [4.69, 9.17) is 15.2 Å². The molecule has 2 atom stereocenters. The fourth-order valence-corrected chi connectivity index (χ4v) is 3.13. The Balaban J connectivity index is 1.81. The van der Waals surface area contributed by atoms with Crippen molar-refractivity contribution in [2.75, 3.05) is 25.3 Å². The third-order valence-electron chi connectivity index (χ3n) is 4.25. The molecule has 8 nitrogen and oxygen atoms in total. The number of nitrogens with zero attached hydrogens (tertiary/aromatic N) is 2. The zero-order valence-electron chi connectivity index (χ0n) is 13.6. The van der Waals surface area contributed by atoms with Gasteiger partial charge in [-0.15, -0.1) is 0 Å². The lowest BCUT2D eigenvalue weighted by Crippen LogP contribution is -2.32. The van der Waals surface area contributed by atoms with Gasteiger partial charge in [0, 0.05) is 24.9 Å². The summed E-state index contributed by atoms with van der Waals surface area (Å²) in [5.74, 6) is 2.22. The number of ether oxygens (including phenoxy) is 2. The summed E-state index contributed by atoms with van der Waals surface area (Å²) in [5, 5.41) is 10.4. The molecule has 1 heterocycles. The lowest BCUT2D eigenvalue weighted by Gasteiger charge is -2.30. The van der Waals surface area contributed by atoms with E-state index in [1.165, 1.54) is 0 Å². The van der Waals surface area contributed by atoms with Crippen LogP contribution >= 0.6 is 0 Å². The number of nitrogens with two attached hydrogens (primary N) is 1. The molecule has 2 aromatic rings. The second-order valence-electron chi connectivity index (χ2n) is 5.83. The number of nitrogens with one attached hydrogen (secondary N) is 1. The Labute approximate surface area is 139 Å². The van der Waals surface area contributed by atoms with E-state index in [0.29, 0.717) is 24.4 Å². The molecule has 0 amide bonds. The third kappa shape index (κ3) is 3.27. The first-order valence-electron chi connectivity index (χ1n) is 7.69. The van der Waals surface area contributed by atoms with Gasteiger partial charge in [-0.25, -0.2) is 4.63 Å². The Hall–Kier alpha value is -2.77. The van der Waals surface area contributed by atoms with Crippen LogP contribution in [0, 0.1) is 0 Å². The van der Waals surface area contributed by atoms with Crippen molar-refractivity contribution in [2.45, 2.75) is 31.2 Å². The molecule has 3 N–H and O–H groups in total. The summed E-state index contributed by atoms with van der Waals surface area (Å²) < 4.78 is 15.3. The van der Waals surface area contributed by atoms with E-state index < -0.39 is 0 Å². The summed E-state index contributed by atoms with van der Waals surface area (Å²) in [6.07, 6.45) is 1.65. The molecule has 1 aromatic heterocycles. The average molecular weight is 332 g/mol. The standard InChI is InChI=1S/C16H20N4O4/c1-22-12-3-4-13(14(8-12)23-2)9-5-10(7-11(21)6-9)18-16-15(17)19-24-20-16/h3-4,8-10H,5-7H2,1-2H3,(H2,17,19)(H,18,20)/t9-,10+/m1/s1. The van der Waals surface area contributed by atoms with Crippen molar-refractivity contribution in [3.63, 3.8) is 0 Å². The van der Waals surface area contributed by atoms with Gasteiger partial charge in [0.15, 0.2) is 0 Å². The quantitative estimate of drug-likeness (QED) is 0.854. The number of ketones is 1. The lowest BCUT2D eigenvalue weighted by molar-refractivity contribution is -0.120. The zero-order valence-corrected chi connectivity index (χ0v) is 13.6. The summed E-state index contributed by atoms with van der Waals surface area (Å²) in [4.78, 5) is 12.2. The number of aromatic nitrogens is 2. The maximum atomic E-state index is 12.2. The minimum absolute atomic E-state index is 0.0469. The van der Waals surface area contributed by atoms with Gasteiger partial charge in [-0.2, -0.15) is 0 Å². The Morgan fingerprint density at radius 2 is 2.08 bits per heavy atom. The number of anilines is 2. The van der Waals surface area contributed by atoms with Crippen LogP contribution in [0.2, 0.25) is 0 Å². The number of rotatable bonds is 5. The monoisotopic (exact) mass is 332 g/mol. The highest BCUT2D eigenvalue weighted by atomic mass is 16.6. The summed E-state index contributed by atoms with van der Waals surface area (Å²) >= 11 is 0. The van der Waals surface area contributed by atoms with Crippen LogP contribution in [-0.2, 0) is 4.79 Å². The van der Waals surface area contributed by atoms with Crippen LogP contribution in [-0.4, -0.2) is 36.4 Å². The van der Waals surface area contributed by atoms with Crippen LogP contribution in [0.15, 0.2) is 22.8 Å². The van der Waals surface area contributed by atoms with E-state index in [9.17, 15) is 4.79 Å². The topological polar surface area (TPSA) is 112 Å². The molecule has 0 spiro atoms. The van der Waals surface area contributed by atoms with Crippen molar-refractivity contribution in [3.8, 4) is 11.5 Å². The van der Waals surface area contributed by atoms with E-state index >= 15 is 0 Å². The third-order valence-corrected chi connectivity index (χ3v) is 4.25. The summed E-state index contributed by atoms with van der Waals surface area (Å²) in [7, 11) is 3.22. The molecule has 1 aromatic carbocycles. The minimum Gasteiger partial charge on any atom is -0.497 e. The van der Waals surface area contributed by atoms with Crippen molar-refractivity contribution in [2.24, 2.45) is 0 Å². The number of carbonyl (C=O) groups excluding carboxylic acids is 1. The first kappa shape index (κ1) is 16.1. The molecule has 0 unspecified atom stereocenters. The molecule has 1 aliphatic rings. The summed E-state index contributed by atoms with van der Waals surface area (Å²) in [5.41, 5.74) is 6.66. The zero-order chi connectivity index (χ0) is 17.1. The van der Waals surface area contributed by atoms with Crippen LogP contribution in [0.1, 0.15) is 30.7 Å². The Bertz CT molecular complexity index is 731. The maximum absolute atomic E-state index is 12.2. The molecule has 24 heavy (non-hydrogen) atoms. The maximum Gasteiger partial charge on any atom is 0.215 e. The van der Waals surface area contributed by atoms with Gasteiger partial charge < -0.3 is 20.5 Å². The normalized spacial score (nSPS) is 20.7. The van der Waals surface area contributed by atoms with Crippen LogP contribution < -0.4 is 20.5 Å². The van der Waals surface area contributed by atoms with E-state index in [2.05, 4.69) is 20.3 Å². The highest BCUT2D eigenvalue weighted by Crippen LogP contribution is 2.38. The van der Waals surface area contributed by atoms with Crippen LogP contribution in [0.5, 0.6) is 11.5 Å². The molecule has 8 heteroatoms. The number of benzene rings is 1. The fraction of sp³-hybridized carbons (Fsp3) is 0.438. The second kappa shape index (κ2) is 6.77. The van der Waals surface area contributed by atoms with Gasteiger partial charge in [0.05, 0.1) is 14.2 Å². The molecule has 0 bridgehead atoms. The molecule has 1 saturated carbocycles. The number of hydrogen-bond donors (Lipinski definition) is 2. The van der Waals surface area contributed by atoms with Gasteiger partial charge in [0.1, 0.15) is 17.3 Å². The van der Waals surface area contributed by atoms with Gasteiger partial charge in [-0.05, 0) is 34.3 Å². The van der Waals surface area contributed by atoms with Crippen LogP contribution in [0.25, 0.3) is 0 Å². The van der Waals surface area contributed by atoms with Crippen molar-refractivity contribution < 1.29 is 18.9 Å². The molecular weight excluding hydrogens is 312 g/mol. The number of hydrogen-bond acceptors (Lipinski definition) is 8. The molecule has 0 saturated heterocycles. The molecular formula is C16H20N4O4. The van der Waals surface area contributed by atoms with Crippen LogP contribution in [0.3, 0.4) is 0 Å². The van der Waals surface area contributed by atoms with E-state index in [1.807, 2.05) is 18.2 Å². The molecule has 1 aliphatic carbocycles. The fourth-order valence-electron chi connectivity index (χ4n) is 3.13. The van der Waals surface area contributed by atoms with Gasteiger partial charge >= 0.3 is 0 Å². The van der Waals surface area contributed by atoms with Crippen molar-refractivity contribution in [3.05, 3.63) is 23.8 Å². The Morgan fingerprint density at radius 3 is 2.75 bits per heavy atom. The molecule has 0 aliphatic heterocycles.